The molecular weight excluding hydrogens is 492 g/mol. The molecule has 2 heterocycles. The molecule has 0 aliphatic carbocycles. The van der Waals surface area contributed by atoms with Gasteiger partial charge < -0.3 is 14.6 Å². The van der Waals surface area contributed by atoms with E-state index in [4.69, 9.17) is 9.47 Å². The molecule has 1 amide bonds. The van der Waals surface area contributed by atoms with Crippen molar-refractivity contribution in [2.24, 2.45) is 0 Å². The highest BCUT2D eigenvalue weighted by molar-refractivity contribution is 7.17. The molecule has 1 saturated heterocycles. The molecule has 8 nitrogen and oxygen atoms in total. The molecule has 3 aromatic rings. The summed E-state index contributed by atoms with van der Waals surface area (Å²) in [6.07, 6.45) is -0.0208. The number of benzene rings is 2. The Morgan fingerprint density at radius 2 is 1.73 bits per heavy atom. The quantitative estimate of drug-likeness (QED) is 0.194. The van der Waals surface area contributed by atoms with E-state index >= 15 is 0 Å². The van der Waals surface area contributed by atoms with Crippen molar-refractivity contribution < 1.29 is 29.0 Å². The molecule has 2 aromatic carbocycles. The number of amides is 1. The Bertz CT molecular complexity index is 1370. The van der Waals surface area contributed by atoms with Gasteiger partial charge in [0.1, 0.15) is 16.4 Å². The molecule has 1 aromatic heterocycles. The van der Waals surface area contributed by atoms with Crippen molar-refractivity contribution in [1.29, 1.82) is 0 Å². The first-order chi connectivity index (χ1) is 17.6. The number of hydrogen-bond donors (Lipinski definition) is 1. The van der Waals surface area contributed by atoms with Gasteiger partial charge in [0, 0.05) is 5.56 Å². The van der Waals surface area contributed by atoms with Gasteiger partial charge in [-0.1, -0.05) is 41.2 Å². The van der Waals surface area contributed by atoms with E-state index in [1.54, 1.807) is 50.2 Å². The number of aliphatic hydroxyl groups excluding tert-OH is 1. The highest BCUT2D eigenvalue weighted by atomic mass is 32.1. The van der Waals surface area contributed by atoms with E-state index in [0.717, 1.165) is 16.9 Å². The van der Waals surface area contributed by atoms with Crippen molar-refractivity contribution in [2.45, 2.75) is 46.8 Å². The lowest BCUT2D eigenvalue weighted by Crippen LogP contribution is -2.29. The van der Waals surface area contributed by atoms with Gasteiger partial charge in [-0.3, -0.25) is 14.5 Å². The maximum atomic E-state index is 13.4. The third-order valence-corrected chi connectivity index (χ3v) is 6.93. The lowest BCUT2D eigenvalue weighted by Gasteiger charge is -2.23. The van der Waals surface area contributed by atoms with Gasteiger partial charge in [0.05, 0.1) is 30.0 Å². The molecule has 0 saturated carbocycles. The third-order valence-electron chi connectivity index (χ3n) is 5.79. The van der Waals surface area contributed by atoms with Gasteiger partial charge in [-0.25, -0.2) is 9.78 Å². The monoisotopic (exact) mass is 520 g/mol. The van der Waals surface area contributed by atoms with Crippen LogP contribution in [0.2, 0.25) is 0 Å². The van der Waals surface area contributed by atoms with Crippen LogP contribution in [0.25, 0.3) is 5.76 Å². The number of aromatic nitrogens is 1. The average Bonchev–Trinajstić information content (AvgIpc) is 3.36. The Balaban J connectivity index is 1.85. The summed E-state index contributed by atoms with van der Waals surface area (Å²) < 4.78 is 10.8. The largest absolute Gasteiger partial charge is 0.507 e. The number of nitrogens with zero attached hydrogens (tertiary/aromatic N) is 2. The summed E-state index contributed by atoms with van der Waals surface area (Å²) in [6.45, 7) is 9.28. The standard InChI is InChI=1S/C28H28N2O6S/c1-6-35-27(34)25-17(5)29-28(37-25)30-22(18-9-7-16(4)8-10-18)21(24(32)26(30)33)23(31)19-11-13-20(14-12-19)36-15(2)3/h7-15,22,31H,6H2,1-5H3/b23-21+. The maximum Gasteiger partial charge on any atom is 0.350 e. The molecule has 1 N–H and O–H groups in total. The summed E-state index contributed by atoms with van der Waals surface area (Å²) in [6, 6.07) is 13.1. The first-order valence-electron chi connectivity index (χ1n) is 11.9. The molecule has 0 bridgehead atoms. The number of ketones is 1. The van der Waals surface area contributed by atoms with E-state index in [1.807, 2.05) is 32.9 Å². The number of rotatable bonds is 7. The SMILES string of the molecule is CCOC(=O)c1sc(N2C(=O)C(=O)/C(=C(/O)c3ccc(OC(C)C)cc3)C2c2ccc(C)cc2)nc1C. The van der Waals surface area contributed by atoms with Crippen LogP contribution in [0, 0.1) is 13.8 Å². The molecule has 192 valence electrons. The van der Waals surface area contributed by atoms with Gasteiger partial charge in [0.25, 0.3) is 5.78 Å². The second-order valence-corrected chi connectivity index (χ2v) is 9.88. The summed E-state index contributed by atoms with van der Waals surface area (Å²) >= 11 is 0.976. The Kier molecular flexibility index (Phi) is 7.45. The Hall–Kier alpha value is -3.98. The zero-order valence-corrected chi connectivity index (χ0v) is 22.1. The van der Waals surface area contributed by atoms with Crippen LogP contribution in [-0.4, -0.2) is 40.5 Å². The van der Waals surface area contributed by atoms with Crippen LogP contribution in [-0.2, 0) is 14.3 Å². The lowest BCUT2D eigenvalue weighted by molar-refractivity contribution is -0.132. The highest BCUT2D eigenvalue weighted by Crippen LogP contribution is 2.44. The van der Waals surface area contributed by atoms with Crippen molar-refractivity contribution in [3.63, 3.8) is 0 Å². The van der Waals surface area contributed by atoms with Crippen LogP contribution < -0.4 is 9.64 Å². The van der Waals surface area contributed by atoms with Crippen LogP contribution in [0.3, 0.4) is 0 Å². The smallest absolute Gasteiger partial charge is 0.350 e. The molecule has 0 radical (unpaired) electrons. The number of ether oxygens (including phenoxy) is 2. The predicted octanol–water partition coefficient (Wildman–Crippen LogP) is 5.35. The first-order valence-corrected chi connectivity index (χ1v) is 12.7. The first kappa shape index (κ1) is 26.1. The van der Waals surface area contributed by atoms with E-state index in [1.165, 1.54) is 4.90 Å². The van der Waals surface area contributed by atoms with E-state index in [2.05, 4.69) is 4.98 Å². The number of Topliss-reactive ketones (excluding diaryl/α,β-unsaturated/α-hetero) is 1. The third kappa shape index (κ3) is 5.13. The van der Waals surface area contributed by atoms with Crippen LogP contribution in [0.15, 0.2) is 54.1 Å². The van der Waals surface area contributed by atoms with Crippen molar-refractivity contribution in [2.75, 3.05) is 11.5 Å². The van der Waals surface area contributed by atoms with Crippen LogP contribution in [0.1, 0.15) is 58.9 Å². The van der Waals surface area contributed by atoms with Gasteiger partial charge in [-0.2, -0.15) is 0 Å². The number of carbonyl (C=O) groups is 3. The van der Waals surface area contributed by atoms with Crippen molar-refractivity contribution in [3.05, 3.63) is 81.4 Å². The highest BCUT2D eigenvalue weighted by Gasteiger charge is 2.48. The average molecular weight is 521 g/mol. The lowest BCUT2D eigenvalue weighted by atomic mass is 9.95. The van der Waals surface area contributed by atoms with E-state index in [-0.39, 0.29) is 34.1 Å². The zero-order chi connectivity index (χ0) is 26.9. The van der Waals surface area contributed by atoms with Crippen LogP contribution >= 0.6 is 11.3 Å². The molecule has 1 aliphatic heterocycles. The van der Waals surface area contributed by atoms with Gasteiger partial charge in [-0.15, -0.1) is 0 Å². The molecule has 4 rings (SSSR count). The molecule has 9 heteroatoms. The molecule has 37 heavy (non-hydrogen) atoms. The number of carbonyl (C=O) groups excluding carboxylic acids is 3. The molecule has 1 fully saturated rings. The molecule has 0 spiro atoms. The number of thiazole rings is 1. The van der Waals surface area contributed by atoms with Crippen molar-refractivity contribution >= 4 is 39.9 Å². The minimum Gasteiger partial charge on any atom is -0.507 e. The van der Waals surface area contributed by atoms with Gasteiger partial charge >= 0.3 is 11.9 Å². The van der Waals surface area contributed by atoms with E-state index in [0.29, 0.717) is 22.6 Å². The number of esters is 1. The number of hydrogen-bond acceptors (Lipinski definition) is 8. The fraction of sp³-hybridized carbons (Fsp3) is 0.286. The fourth-order valence-corrected chi connectivity index (χ4v) is 5.07. The number of aliphatic hydroxyl groups is 1. The summed E-state index contributed by atoms with van der Waals surface area (Å²) in [5, 5.41) is 11.5. The Morgan fingerprint density at radius 1 is 1.08 bits per heavy atom. The van der Waals surface area contributed by atoms with Gasteiger partial charge in [0.15, 0.2) is 5.13 Å². The van der Waals surface area contributed by atoms with Crippen LogP contribution in [0.5, 0.6) is 5.75 Å². The molecule has 1 atom stereocenters. The van der Waals surface area contributed by atoms with Crippen molar-refractivity contribution in [1.82, 2.24) is 4.98 Å². The predicted molar refractivity (Wildman–Crippen MR) is 141 cm³/mol. The second kappa shape index (κ2) is 10.6. The fourth-order valence-electron chi connectivity index (χ4n) is 4.08. The van der Waals surface area contributed by atoms with E-state index < -0.39 is 23.7 Å². The topological polar surface area (TPSA) is 106 Å². The van der Waals surface area contributed by atoms with Crippen LogP contribution in [0.4, 0.5) is 5.13 Å². The summed E-state index contributed by atoms with van der Waals surface area (Å²) in [5.74, 6) is -1.91. The zero-order valence-electron chi connectivity index (χ0n) is 21.3. The van der Waals surface area contributed by atoms with Gasteiger partial charge in [-0.05, 0) is 64.4 Å². The summed E-state index contributed by atoms with van der Waals surface area (Å²) in [7, 11) is 0. The maximum absolute atomic E-state index is 13.4. The Labute approximate surface area is 219 Å². The Morgan fingerprint density at radius 3 is 2.32 bits per heavy atom. The minimum absolute atomic E-state index is 0.0208. The number of anilines is 1. The van der Waals surface area contributed by atoms with E-state index in [9.17, 15) is 19.5 Å². The summed E-state index contributed by atoms with van der Waals surface area (Å²) in [4.78, 5) is 45.0. The molecule has 1 unspecified atom stereocenters. The summed E-state index contributed by atoms with van der Waals surface area (Å²) in [5.41, 5.74) is 2.32. The van der Waals surface area contributed by atoms with Gasteiger partial charge in [0.2, 0.25) is 0 Å². The molecule has 1 aliphatic rings. The second-order valence-electron chi connectivity index (χ2n) is 8.90. The number of aryl methyl sites for hydroxylation is 2. The minimum atomic E-state index is -0.937. The van der Waals surface area contributed by atoms with Crippen molar-refractivity contribution in [3.8, 4) is 5.75 Å². The molecular formula is C28H28N2O6S. The normalized spacial score (nSPS) is 16.9.